The molecule has 100 valence electrons. The van der Waals surface area contributed by atoms with Crippen molar-refractivity contribution >= 4 is 0 Å². The molecular formula is C15H30N2. The molecule has 2 heteroatoms. The van der Waals surface area contributed by atoms with E-state index in [1.165, 1.54) is 19.6 Å². The third-order valence-corrected chi connectivity index (χ3v) is 5.85. The molecule has 0 bridgehead atoms. The molecule has 2 fully saturated rings. The summed E-state index contributed by atoms with van der Waals surface area (Å²) in [4.78, 5) is 2.68. The second-order valence-corrected chi connectivity index (χ2v) is 7.56. The normalized spacial score (nSPS) is 33.0. The van der Waals surface area contributed by atoms with Gasteiger partial charge in [0.15, 0.2) is 0 Å². The summed E-state index contributed by atoms with van der Waals surface area (Å²) in [5, 5.41) is 3.64. The topological polar surface area (TPSA) is 15.3 Å². The van der Waals surface area contributed by atoms with E-state index in [-0.39, 0.29) is 0 Å². The summed E-state index contributed by atoms with van der Waals surface area (Å²) in [6.45, 7) is 19.3. The van der Waals surface area contributed by atoms with Gasteiger partial charge in [0, 0.05) is 32.2 Å². The SMILES string of the molecule is CC(C)C1CN(CC2C(C)(C)C2(C)C)CCN1. The largest absolute Gasteiger partial charge is 0.311 e. The van der Waals surface area contributed by atoms with Crippen LogP contribution in [0.1, 0.15) is 41.5 Å². The van der Waals surface area contributed by atoms with Gasteiger partial charge in [-0.3, -0.25) is 0 Å². The van der Waals surface area contributed by atoms with Crippen LogP contribution in [-0.2, 0) is 0 Å². The van der Waals surface area contributed by atoms with Gasteiger partial charge in [-0.05, 0) is 22.7 Å². The molecule has 1 aliphatic heterocycles. The Labute approximate surface area is 107 Å². The van der Waals surface area contributed by atoms with Crippen LogP contribution in [0.15, 0.2) is 0 Å². The predicted octanol–water partition coefficient (Wildman–Crippen LogP) is 2.60. The molecule has 2 nitrogen and oxygen atoms in total. The van der Waals surface area contributed by atoms with Crippen molar-refractivity contribution in [2.75, 3.05) is 26.2 Å². The maximum atomic E-state index is 3.64. The van der Waals surface area contributed by atoms with Gasteiger partial charge < -0.3 is 10.2 Å². The Balaban J connectivity index is 1.89. The minimum Gasteiger partial charge on any atom is -0.311 e. The van der Waals surface area contributed by atoms with Crippen molar-refractivity contribution in [3.63, 3.8) is 0 Å². The van der Waals surface area contributed by atoms with Crippen LogP contribution in [0.3, 0.4) is 0 Å². The lowest BCUT2D eigenvalue weighted by Gasteiger charge is -2.36. The second-order valence-electron chi connectivity index (χ2n) is 7.56. The van der Waals surface area contributed by atoms with E-state index < -0.39 is 0 Å². The maximum Gasteiger partial charge on any atom is 0.0218 e. The highest BCUT2D eigenvalue weighted by Gasteiger charge is 2.64. The molecule has 1 unspecified atom stereocenters. The Morgan fingerprint density at radius 2 is 1.76 bits per heavy atom. The van der Waals surface area contributed by atoms with Crippen LogP contribution in [0.5, 0.6) is 0 Å². The van der Waals surface area contributed by atoms with E-state index in [0.29, 0.717) is 16.9 Å². The molecule has 2 rings (SSSR count). The van der Waals surface area contributed by atoms with E-state index in [2.05, 4.69) is 51.8 Å². The zero-order chi connectivity index (χ0) is 12.8. The lowest BCUT2D eigenvalue weighted by Crippen LogP contribution is -2.53. The molecule has 1 heterocycles. The fraction of sp³-hybridized carbons (Fsp3) is 1.00. The molecule has 1 atom stereocenters. The van der Waals surface area contributed by atoms with Crippen molar-refractivity contribution in [2.24, 2.45) is 22.7 Å². The van der Waals surface area contributed by atoms with Crippen molar-refractivity contribution in [1.82, 2.24) is 10.2 Å². The van der Waals surface area contributed by atoms with E-state index in [1.54, 1.807) is 0 Å². The molecule has 2 aliphatic rings. The van der Waals surface area contributed by atoms with Gasteiger partial charge in [0.25, 0.3) is 0 Å². The molecule has 0 amide bonds. The molecule has 1 N–H and O–H groups in total. The minimum atomic E-state index is 0.533. The van der Waals surface area contributed by atoms with Crippen LogP contribution < -0.4 is 5.32 Å². The van der Waals surface area contributed by atoms with Crippen LogP contribution in [-0.4, -0.2) is 37.1 Å². The number of nitrogens with zero attached hydrogens (tertiary/aromatic N) is 1. The number of piperazine rings is 1. The Morgan fingerprint density at radius 1 is 1.18 bits per heavy atom. The van der Waals surface area contributed by atoms with Gasteiger partial charge in [-0.2, -0.15) is 0 Å². The minimum absolute atomic E-state index is 0.533. The maximum absolute atomic E-state index is 3.64. The van der Waals surface area contributed by atoms with Crippen LogP contribution in [0.2, 0.25) is 0 Å². The van der Waals surface area contributed by atoms with Gasteiger partial charge in [-0.25, -0.2) is 0 Å². The van der Waals surface area contributed by atoms with Crippen molar-refractivity contribution in [3.8, 4) is 0 Å². The first-order valence-corrected chi connectivity index (χ1v) is 7.22. The molecule has 1 aliphatic carbocycles. The van der Waals surface area contributed by atoms with Gasteiger partial charge in [-0.1, -0.05) is 41.5 Å². The van der Waals surface area contributed by atoms with E-state index in [9.17, 15) is 0 Å². The summed E-state index contributed by atoms with van der Waals surface area (Å²) < 4.78 is 0. The van der Waals surface area contributed by atoms with Crippen molar-refractivity contribution < 1.29 is 0 Å². The second kappa shape index (κ2) is 4.24. The Hall–Kier alpha value is -0.0800. The van der Waals surface area contributed by atoms with Gasteiger partial charge in [0.2, 0.25) is 0 Å². The average molecular weight is 238 g/mol. The quantitative estimate of drug-likeness (QED) is 0.813. The van der Waals surface area contributed by atoms with Crippen LogP contribution in [0.4, 0.5) is 0 Å². The third kappa shape index (κ3) is 2.26. The summed E-state index contributed by atoms with van der Waals surface area (Å²) in [5.74, 6) is 1.62. The number of hydrogen-bond donors (Lipinski definition) is 1. The highest BCUT2D eigenvalue weighted by Crippen LogP contribution is 2.68. The van der Waals surface area contributed by atoms with E-state index in [1.807, 2.05) is 0 Å². The van der Waals surface area contributed by atoms with Crippen molar-refractivity contribution in [2.45, 2.75) is 47.6 Å². The molecule has 0 radical (unpaired) electrons. The lowest BCUT2D eigenvalue weighted by molar-refractivity contribution is 0.161. The van der Waals surface area contributed by atoms with Gasteiger partial charge >= 0.3 is 0 Å². The van der Waals surface area contributed by atoms with E-state index >= 15 is 0 Å². The molecule has 0 spiro atoms. The number of hydrogen-bond acceptors (Lipinski definition) is 2. The number of nitrogens with one attached hydrogen (secondary N) is 1. The molecule has 0 aromatic heterocycles. The predicted molar refractivity (Wildman–Crippen MR) is 74.1 cm³/mol. The third-order valence-electron chi connectivity index (χ3n) is 5.85. The van der Waals surface area contributed by atoms with Gasteiger partial charge in [-0.15, -0.1) is 0 Å². The molecule has 17 heavy (non-hydrogen) atoms. The van der Waals surface area contributed by atoms with Crippen molar-refractivity contribution in [1.29, 1.82) is 0 Å². The van der Waals surface area contributed by atoms with Crippen LogP contribution in [0, 0.1) is 22.7 Å². The lowest BCUT2D eigenvalue weighted by atomic mass is 10.0. The van der Waals surface area contributed by atoms with Gasteiger partial charge in [0.1, 0.15) is 0 Å². The van der Waals surface area contributed by atoms with Gasteiger partial charge in [0.05, 0.1) is 0 Å². The summed E-state index contributed by atoms with van der Waals surface area (Å²) in [5.41, 5.74) is 1.07. The standard InChI is InChI=1S/C15H30N2/c1-11(2)12-9-17(8-7-16-12)10-13-14(3,4)15(13,5)6/h11-13,16H,7-10H2,1-6H3. The first-order chi connectivity index (χ1) is 7.76. The van der Waals surface area contributed by atoms with Crippen molar-refractivity contribution in [3.05, 3.63) is 0 Å². The molecule has 0 aromatic rings. The van der Waals surface area contributed by atoms with E-state index in [0.717, 1.165) is 18.4 Å². The fourth-order valence-electron chi connectivity index (χ4n) is 3.50. The molecule has 1 saturated carbocycles. The monoisotopic (exact) mass is 238 g/mol. The zero-order valence-corrected chi connectivity index (χ0v) is 12.5. The van der Waals surface area contributed by atoms with Crippen LogP contribution in [0.25, 0.3) is 0 Å². The highest BCUT2D eigenvalue weighted by molar-refractivity contribution is 5.13. The average Bonchev–Trinajstić information content (AvgIpc) is 2.61. The Morgan fingerprint density at radius 3 is 2.24 bits per heavy atom. The Bertz CT molecular complexity index is 267. The highest BCUT2D eigenvalue weighted by atomic mass is 15.2. The summed E-state index contributed by atoms with van der Waals surface area (Å²) >= 11 is 0. The number of rotatable bonds is 3. The smallest absolute Gasteiger partial charge is 0.0218 e. The zero-order valence-electron chi connectivity index (χ0n) is 12.5. The summed E-state index contributed by atoms with van der Waals surface area (Å²) in [6.07, 6.45) is 0. The van der Waals surface area contributed by atoms with E-state index in [4.69, 9.17) is 0 Å². The summed E-state index contributed by atoms with van der Waals surface area (Å²) in [6, 6.07) is 0.689. The van der Waals surface area contributed by atoms with Crippen LogP contribution >= 0.6 is 0 Å². The molecular weight excluding hydrogens is 208 g/mol. The molecule has 0 aromatic carbocycles. The molecule has 1 saturated heterocycles. The fourth-order valence-corrected chi connectivity index (χ4v) is 3.50. The first-order valence-electron chi connectivity index (χ1n) is 7.22. The Kier molecular flexibility index (Phi) is 3.33. The summed E-state index contributed by atoms with van der Waals surface area (Å²) in [7, 11) is 0. The first kappa shape index (κ1) is 13.4.